The van der Waals surface area contributed by atoms with E-state index in [2.05, 4.69) is 9.97 Å². The van der Waals surface area contributed by atoms with E-state index in [1.807, 2.05) is 0 Å². The third-order valence-corrected chi connectivity index (χ3v) is 1.88. The van der Waals surface area contributed by atoms with Crippen molar-refractivity contribution in [1.29, 1.82) is 0 Å². The topological polar surface area (TPSA) is 135 Å². The number of aromatic amines is 1. The number of nitrogens with zero attached hydrogens (tertiary/aromatic N) is 2. The molecular formula is C7H10N4O4. The quantitative estimate of drug-likeness (QED) is 0.460. The fourth-order valence-corrected chi connectivity index (χ4v) is 1.06. The number of nitro groups is 1. The first-order valence-corrected chi connectivity index (χ1v) is 4.10. The summed E-state index contributed by atoms with van der Waals surface area (Å²) in [4.78, 5) is 26.2. The van der Waals surface area contributed by atoms with Crippen LogP contribution in [0.1, 0.15) is 11.4 Å². The van der Waals surface area contributed by atoms with Crippen molar-refractivity contribution in [3.8, 4) is 0 Å². The smallest absolute Gasteiger partial charge is 0.432 e. The summed E-state index contributed by atoms with van der Waals surface area (Å²) in [5.41, 5.74) is 6.04. The predicted octanol–water partition coefficient (Wildman–Crippen LogP) is -0.419. The van der Waals surface area contributed by atoms with E-state index < -0.39 is 22.9 Å². The van der Waals surface area contributed by atoms with E-state index in [9.17, 15) is 14.9 Å². The first-order chi connectivity index (χ1) is 6.91. The van der Waals surface area contributed by atoms with Gasteiger partial charge in [0.1, 0.15) is 11.7 Å². The first-order valence-electron chi connectivity index (χ1n) is 4.10. The summed E-state index contributed by atoms with van der Waals surface area (Å²) in [6.45, 7) is 1.57. The molecular weight excluding hydrogens is 204 g/mol. The number of rotatable bonds is 4. The Morgan fingerprint density at radius 1 is 1.80 bits per heavy atom. The van der Waals surface area contributed by atoms with E-state index in [0.717, 1.165) is 0 Å². The molecule has 82 valence electrons. The molecule has 8 heteroatoms. The van der Waals surface area contributed by atoms with Gasteiger partial charge in [0.15, 0.2) is 5.69 Å². The van der Waals surface area contributed by atoms with Gasteiger partial charge in [-0.1, -0.05) is 4.98 Å². The van der Waals surface area contributed by atoms with E-state index in [4.69, 9.17) is 10.8 Å². The van der Waals surface area contributed by atoms with Crippen LogP contribution < -0.4 is 5.73 Å². The fraction of sp³-hybridized carbons (Fsp3) is 0.429. The largest absolute Gasteiger partial charge is 0.480 e. The lowest BCUT2D eigenvalue weighted by Crippen LogP contribution is -2.32. The number of aromatic nitrogens is 2. The van der Waals surface area contributed by atoms with Crippen LogP contribution in [0.2, 0.25) is 0 Å². The second-order valence-corrected chi connectivity index (χ2v) is 3.04. The van der Waals surface area contributed by atoms with Crippen molar-refractivity contribution in [3.05, 3.63) is 21.5 Å². The van der Waals surface area contributed by atoms with Crippen molar-refractivity contribution in [1.82, 2.24) is 9.97 Å². The second kappa shape index (κ2) is 4.05. The van der Waals surface area contributed by atoms with Crippen molar-refractivity contribution < 1.29 is 14.8 Å². The highest BCUT2D eigenvalue weighted by Gasteiger charge is 2.22. The number of imidazole rings is 1. The summed E-state index contributed by atoms with van der Waals surface area (Å²) < 4.78 is 0. The van der Waals surface area contributed by atoms with Crippen LogP contribution in [-0.4, -0.2) is 32.0 Å². The number of hydrogen-bond donors (Lipinski definition) is 3. The van der Waals surface area contributed by atoms with Gasteiger partial charge < -0.3 is 21.0 Å². The zero-order chi connectivity index (χ0) is 11.6. The number of aliphatic carboxylic acids is 1. The maximum atomic E-state index is 10.5. The Balaban J connectivity index is 2.86. The van der Waals surface area contributed by atoms with E-state index in [1.165, 1.54) is 0 Å². The molecule has 4 N–H and O–H groups in total. The number of H-pyrrole nitrogens is 1. The third kappa shape index (κ3) is 2.50. The van der Waals surface area contributed by atoms with Crippen molar-refractivity contribution in [3.63, 3.8) is 0 Å². The van der Waals surface area contributed by atoms with Gasteiger partial charge in [0.2, 0.25) is 0 Å². The molecule has 1 atom stereocenters. The summed E-state index contributed by atoms with van der Waals surface area (Å²) >= 11 is 0. The number of carboxylic acids is 1. The predicted molar refractivity (Wildman–Crippen MR) is 49.3 cm³/mol. The van der Waals surface area contributed by atoms with E-state index in [-0.39, 0.29) is 6.42 Å². The minimum absolute atomic E-state index is 0.0362. The van der Waals surface area contributed by atoms with Crippen LogP contribution in [-0.2, 0) is 11.2 Å². The number of nitrogens with one attached hydrogen (secondary N) is 1. The number of hydrogen-bond acceptors (Lipinski definition) is 5. The molecule has 1 aromatic rings. The van der Waals surface area contributed by atoms with Crippen LogP contribution in [0.5, 0.6) is 0 Å². The highest BCUT2D eigenvalue weighted by molar-refractivity contribution is 5.73. The van der Waals surface area contributed by atoms with Gasteiger partial charge in [-0.25, -0.2) is 4.98 Å². The van der Waals surface area contributed by atoms with Crippen molar-refractivity contribution in [2.24, 2.45) is 5.73 Å². The van der Waals surface area contributed by atoms with Crippen LogP contribution in [0.4, 0.5) is 5.95 Å². The Kier molecular flexibility index (Phi) is 3.00. The summed E-state index contributed by atoms with van der Waals surface area (Å²) in [5, 5.41) is 18.9. The summed E-state index contributed by atoms with van der Waals surface area (Å²) in [6.07, 6.45) is -0.0362. The van der Waals surface area contributed by atoms with Gasteiger partial charge in [0.05, 0.1) is 0 Å². The van der Waals surface area contributed by atoms with Gasteiger partial charge in [0.25, 0.3) is 0 Å². The van der Waals surface area contributed by atoms with Gasteiger partial charge in [-0.15, -0.1) is 0 Å². The summed E-state index contributed by atoms with van der Waals surface area (Å²) in [5.74, 6) is -1.57. The Morgan fingerprint density at radius 2 is 2.40 bits per heavy atom. The Labute approximate surface area is 84.3 Å². The van der Waals surface area contributed by atoms with E-state index in [1.54, 1.807) is 6.92 Å². The monoisotopic (exact) mass is 214 g/mol. The molecule has 0 aliphatic carbocycles. The molecule has 1 rings (SSSR count). The molecule has 1 aromatic heterocycles. The summed E-state index contributed by atoms with van der Waals surface area (Å²) in [7, 11) is 0. The molecule has 0 spiro atoms. The molecule has 15 heavy (non-hydrogen) atoms. The van der Waals surface area contributed by atoms with Gasteiger partial charge >= 0.3 is 11.9 Å². The first kappa shape index (κ1) is 11.1. The second-order valence-electron chi connectivity index (χ2n) is 3.04. The Bertz CT molecular complexity index is 400. The lowest BCUT2D eigenvalue weighted by molar-refractivity contribution is -0.393. The van der Waals surface area contributed by atoms with Crippen molar-refractivity contribution in [2.75, 3.05) is 0 Å². The summed E-state index contributed by atoms with van der Waals surface area (Å²) in [6, 6.07) is -1.10. The number of carbonyl (C=O) groups is 1. The number of aryl methyl sites for hydroxylation is 1. The lowest BCUT2D eigenvalue weighted by atomic mass is 10.1. The maximum absolute atomic E-state index is 10.5. The Hall–Kier alpha value is -1.96. The molecule has 0 aliphatic rings. The highest BCUT2D eigenvalue weighted by Crippen LogP contribution is 2.12. The number of carboxylic acid groups (broad SMARTS) is 1. The molecule has 0 fully saturated rings. The molecule has 0 aromatic carbocycles. The van der Waals surface area contributed by atoms with Crippen molar-refractivity contribution in [2.45, 2.75) is 19.4 Å². The third-order valence-electron chi connectivity index (χ3n) is 1.88. The normalized spacial score (nSPS) is 12.4. The Morgan fingerprint density at radius 3 is 2.80 bits per heavy atom. The van der Waals surface area contributed by atoms with Gasteiger partial charge in [-0.3, -0.25) is 4.79 Å². The molecule has 0 saturated carbocycles. The van der Waals surface area contributed by atoms with Gasteiger partial charge in [0, 0.05) is 6.42 Å². The van der Waals surface area contributed by atoms with E-state index >= 15 is 0 Å². The van der Waals surface area contributed by atoms with Gasteiger partial charge in [-0.05, 0) is 11.8 Å². The average molecular weight is 214 g/mol. The molecule has 0 amide bonds. The minimum Gasteiger partial charge on any atom is -0.480 e. The zero-order valence-electron chi connectivity index (χ0n) is 7.93. The molecule has 0 bridgehead atoms. The molecule has 0 saturated heterocycles. The van der Waals surface area contributed by atoms with Crippen molar-refractivity contribution >= 4 is 11.9 Å². The SMILES string of the molecule is Cc1[nH]c([N+](=O)[O-])nc1CC(N)C(=O)O. The highest BCUT2D eigenvalue weighted by atomic mass is 16.6. The minimum atomic E-state index is -1.17. The standard InChI is InChI=1S/C7H10N4O4/c1-3-5(2-4(8)6(12)13)10-7(9-3)11(14)15/h4H,2,8H2,1H3,(H,9,10)(H,12,13). The van der Waals surface area contributed by atoms with Crippen LogP contribution in [0.3, 0.4) is 0 Å². The molecule has 0 aliphatic heterocycles. The zero-order valence-corrected chi connectivity index (χ0v) is 7.93. The molecule has 8 nitrogen and oxygen atoms in total. The fourth-order valence-electron chi connectivity index (χ4n) is 1.06. The maximum Gasteiger partial charge on any atom is 0.432 e. The van der Waals surface area contributed by atoms with Crippen LogP contribution in [0.15, 0.2) is 0 Å². The molecule has 0 radical (unpaired) electrons. The van der Waals surface area contributed by atoms with Crippen LogP contribution in [0.25, 0.3) is 0 Å². The molecule has 1 unspecified atom stereocenters. The number of nitrogens with two attached hydrogens (primary N) is 1. The van der Waals surface area contributed by atoms with Crippen LogP contribution >= 0.6 is 0 Å². The van der Waals surface area contributed by atoms with Crippen LogP contribution in [0, 0.1) is 17.0 Å². The van der Waals surface area contributed by atoms with E-state index in [0.29, 0.717) is 11.4 Å². The lowest BCUT2D eigenvalue weighted by Gasteiger charge is -2.00. The molecule has 1 heterocycles. The van der Waals surface area contributed by atoms with Gasteiger partial charge in [-0.2, -0.15) is 0 Å². The average Bonchev–Trinajstić information content (AvgIpc) is 2.47.